The zero-order chi connectivity index (χ0) is 17.9. The third-order valence-electron chi connectivity index (χ3n) is 4.13. The molecule has 1 unspecified atom stereocenters. The number of ether oxygens (including phenoxy) is 1. The maximum atomic E-state index is 14.2. The van der Waals surface area contributed by atoms with Gasteiger partial charge < -0.3 is 4.74 Å². The van der Waals surface area contributed by atoms with Crippen molar-refractivity contribution in [2.24, 2.45) is 0 Å². The molecule has 26 heavy (non-hydrogen) atoms. The van der Waals surface area contributed by atoms with Gasteiger partial charge >= 0.3 is 0 Å². The van der Waals surface area contributed by atoms with Gasteiger partial charge in [-0.2, -0.15) is 0 Å². The number of anilines is 1. The van der Waals surface area contributed by atoms with E-state index in [9.17, 15) is 9.18 Å². The Morgan fingerprint density at radius 2 is 1.54 bits per heavy atom. The molecule has 1 fully saturated rings. The number of carbonyl (C=O) groups is 1. The molecule has 3 aromatic carbocycles. The highest BCUT2D eigenvalue weighted by molar-refractivity contribution is 8.00. The number of halogens is 1. The number of hydrogen-bond acceptors (Lipinski definition) is 3. The van der Waals surface area contributed by atoms with Crippen LogP contribution in [-0.4, -0.2) is 11.7 Å². The quantitative estimate of drug-likeness (QED) is 0.620. The normalized spacial score (nSPS) is 16.7. The van der Waals surface area contributed by atoms with Crippen LogP contribution in [0.3, 0.4) is 0 Å². The van der Waals surface area contributed by atoms with Gasteiger partial charge in [0.1, 0.15) is 22.7 Å². The van der Waals surface area contributed by atoms with Crippen molar-refractivity contribution in [3.63, 3.8) is 0 Å². The van der Waals surface area contributed by atoms with E-state index in [-0.39, 0.29) is 17.1 Å². The van der Waals surface area contributed by atoms with E-state index in [0.717, 1.165) is 11.4 Å². The van der Waals surface area contributed by atoms with Gasteiger partial charge in [0.2, 0.25) is 5.91 Å². The predicted molar refractivity (Wildman–Crippen MR) is 102 cm³/mol. The standard InChI is InChI=1S/C21H16FNO2S/c22-19-9-5-4-8-18(19)21-23(20(24)14-26-21)15-10-12-17(13-11-15)25-16-6-2-1-3-7-16/h1-13,21H,14H2. The van der Waals surface area contributed by atoms with Crippen LogP contribution in [0, 0.1) is 5.82 Å². The van der Waals surface area contributed by atoms with E-state index in [1.54, 1.807) is 23.1 Å². The van der Waals surface area contributed by atoms with Crippen molar-refractivity contribution < 1.29 is 13.9 Å². The zero-order valence-corrected chi connectivity index (χ0v) is 14.7. The maximum Gasteiger partial charge on any atom is 0.238 e. The molecule has 1 aliphatic rings. The molecule has 0 radical (unpaired) electrons. The molecule has 1 aliphatic heterocycles. The van der Waals surface area contributed by atoms with Crippen LogP contribution < -0.4 is 9.64 Å². The topological polar surface area (TPSA) is 29.5 Å². The Morgan fingerprint density at radius 3 is 2.27 bits per heavy atom. The summed E-state index contributed by atoms with van der Waals surface area (Å²) in [5, 5.41) is -0.357. The lowest BCUT2D eigenvalue weighted by atomic mass is 10.1. The second-order valence-corrected chi connectivity index (χ2v) is 6.93. The lowest BCUT2D eigenvalue weighted by molar-refractivity contribution is -0.115. The molecule has 4 rings (SSSR count). The van der Waals surface area contributed by atoms with Crippen LogP contribution >= 0.6 is 11.8 Å². The predicted octanol–water partition coefficient (Wildman–Crippen LogP) is 5.40. The van der Waals surface area contributed by atoms with Gasteiger partial charge in [-0.05, 0) is 42.5 Å². The second kappa shape index (κ2) is 7.22. The smallest absolute Gasteiger partial charge is 0.238 e. The number of nitrogens with zero attached hydrogens (tertiary/aromatic N) is 1. The minimum atomic E-state index is -0.357. The maximum absolute atomic E-state index is 14.2. The third kappa shape index (κ3) is 3.30. The van der Waals surface area contributed by atoms with Crippen molar-refractivity contribution in [2.75, 3.05) is 10.7 Å². The molecule has 0 saturated carbocycles. The monoisotopic (exact) mass is 365 g/mol. The van der Waals surface area contributed by atoms with Crippen LogP contribution in [0.15, 0.2) is 78.9 Å². The molecule has 0 aromatic heterocycles. The van der Waals surface area contributed by atoms with Gasteiger partial charge in [0.25, 0.3) is 0 Å². The second-order valence-electron chi connectivity index (χ2n) is 5.86. The molecule has 1 saturated heterocycles. The Morgan fingerprint density at radius 1 is 0.885 bits per heavy atom. The molecule has 0 spiro atoms. The van der Waals surface area contributed by atoms with Crippen molar-refractivity contribution in [3.05, 3.63) is 90.2 Å². The molecule has 0 N–H and O–H groups in total. The molecule has 1 amide bonds. The highest BCUT2D eigenvalue weighted by atomic mass is 32.2. The Balaban J connectivity index is 1.59. The summed E-state index contributed by atoms with van der Waals surface area (Å²) in [6.07, 6.45) is 0. The van der Waals surface area contributed by atoms with E-state index in [0.29, 0.717) is 17.1 Å². The fourth-order valence-corrected chi connectivity index (χ4v) is 4.11. The first-order chi connectivity index (χ1) is 12.7. The first-order valence-corrected chi connectivity index (χ1v) is 9.28. The van der Waals surface area contributed by atoms with Crippen molar-refractivity contribution >= 4 is 23.4 Å². The lowest BCUT2D eigenvalue weighted by Gasteiger charge is -2.24. The van der Waals surface area contributed by atoms with E-state index in [2.05, 4.69) is 0 Å². The van der Waals surface area contributed by atoms with Gasteiger partial charge in [-0.25, -0.2) is 4.39 Å². The summed E-state index contributed by atoms with van der Waals surface area (Å²) in [7, 11) is 0. The number of benzene rings is 3. The number of thioether (sulfide) groups is 1. The average Bonchev–Trinajstić information content (AvgIpc) is 3.05. The summed E-state index contributed by atoms with van der Waals surface area (Å²) in [4.78, 5) is 14.0. The molecular formula is C21H16FNO2S. The molecule has 1 heterocycles. The number of rotatable bonds is 4. The van der Waals surface area contributed by atoms with Crippen LogP contribution in [-0.2, 0) is 4.79 Å². The number of para-hydroxylation sites is 1. The SMILES string of the molecule is O=C1CSC(c2ccccc2F)N1c1ccc(Oc2ccccc2)cc1. The molecule has 3 aromatic rings. The van der Waals surface area contributed by atoms with E-state index in [1.807, 2.05) is 54.6 Å². The summed E-state index contributed by atoms with van der Waals surface area (Å²) in [5.41, 5.74) is 1.25. The first-order valence-electron chi connectivity index (χ1n) is 8.23. The van der Waals surface area contributed by atoms with E-state index >= 15 is 0 Å². The van der Waals surface area contributed by atoms with Gasteiger partial charge in [0.15, 0.2) is 0 Å². The highest BCUT2D eigenvalue weighted by Crippen LogP contribution is 2.42. The molecule has 5 heteroatoms. The fraction of sp³-hybridized carbons (Fsp3) is 0.0952. The van der Waals surface area contributed by atoms with Crippen molar-refractivity contribution in [1.29, 1.82) is 0 Å². The van der Waals surface area contributed by atoms with Crippen molar-refractivity contribution in [3.8, 4) is 11.5 Å². The van der Waals surface area contributed by atoms with Gasteiger partial charge in [0, 0.05) is 11.3 Å². The molecule has 1 atom stereocenters. The Labute approximate surface area is 155 Å². The number of hydrogen-bond donors (Lipinski definition) is 0. The lowest BCUT2D eigenvalue weighted by Crippen LogP contribution is -2.28. The molecule has 0 aliphatic carbocycles. The minimum absolute atomic E-state index is 0.0278. The summed E-state index contributed by atoms with van der Waals surface area (Å²) in [6.45, 7) is 0. The summed E-state index contributed by atoms with van der Waals surface area (Å²) < 4.78 is 20.0. The van der Waals surface area contributed by atoms with Crippen LogP contribution in [0.1, 0.15) is 10.9 Å². The van der Waals surface area contributed by atoms with Gasteiger partial charge in [-0.3, -0.25) is 9.69 Å². The van der Waals surface area contributed by atoms with Gasteiger partial charge in [0.05, 0.1) is 5.75 Å². The fourth-order valence-electron chi connectivity index (χ4n) is 2.91. The third-order valence-corrected chi connectivity index (χ3v) is 5.33. The molecule has 3 nitrogen and oxygen atoms in total. The van der Waals surface area contributed by atoms with Crippen molar-refractivity contribution in [1.82, 2.24) is 0 Å². The minimum Gasteiger partial charge on any atom is -0.457 e. The van der Waals surface area contributed by atoms with E-state index < -0.39 is 0 Å². The molecule has 130 valence electrons. The van der Waals surface area contributed by atoms with E-state index in [1.165, 1.54) is 17.8 Å². The average molecular weight is 365 g/mol. The number of carbonyl (C=O) groups excluding carboxylic acids is 1. The van der Waals surface area contributed by atoms with Crippen LogP contribution in [0.2, 0.25) is 0 Å². The highest BCUT2D eigenvalue weighted by Gasteiger charge is 2.35. The summed E-state index contributed by atoms with van der Waals surface area (Å²) >= 11 is 1.43. The summed E-state index contributed by atoms with van der Waals surface area (Å²) in [6, 6.07) is 23.4. The van der Waals surface area contributed by atoms with Crippen LogP contribution in [0.4, 0.5) is 10.1 Å². The van der Waals surface area contributed by atoms with Crippen LogP contribution in [0.25, 0.3) is 0 Å². The first kappa shape index (κ1) is 16.7. The molecular weight excluding hydrogens is 349 g/mol. The van der Waals surface area contributed by atoms with E-state index in [4.69, 9.17) is 4.74 Å². The van der Waals surface area contributed by atoms with Crippen LogP contribution in [0.5, 0.6) is 11.5 Å². The Hall–Kier alpha value is -2.79. The largest absolute Gasteiger partial charge is 0.457 e. The van der Waals surface area contributed by atoms with Gasteiger partial charge in [-0.15, -0.1) is 11.8 Å². The van der Waals surface area contributed by atoms with Gasteiger partial charge in [-0.1, -0.05) is 36.4 Å². The number of amides is 1. The zero-order valence-electron chi connectivity index (χ0n) is 13.8. The molecule has 0 bridgehead atoms. The Kier molecular flexibility index (Phi) is 4.63. The Bertz CT molecular complexity index is 915. The summed E-state index contributed by atoms with van der Waals surface area (Å²) in [5.74, 6) is 1.44. The van der Waals surface area contributed by atoms with Crippen molar-refractivity contribution in [2.45, 2.75) is 5.37 Å².